The molecule has 0 bridgehead atoms. The summed E-state index contributed by atoms with van der Waals surface area (Å²) in [5.41, 5.74) is 0.330. The van der Waals surface area contributed by atoms with Crippen molar-refractivity contribution in [3.05, 3.63) is 24.3 Å². The van der Waals surface area contributed by atoms with Crippen LogP contribution in [0.1, 0.15) is 6.92 Å². The molecule has 0 amide bonds. The van der Waals surface area contributed by atoms with Crippen molar-refractivity contribution in [2.75, 3.05) is 0 Å². The van der Waals surface area contributed by atoms with E-state index in [1.54, 1.807) is 19.1 Å². The van der Waals surface area contributed by atoms with E-state index >= 15 is 0 Å². The quantitative estimate of drug-likeness (QED) is 0.341. The van der Waals surface area contributed by atoms with E-state index in [-0.39, 0.29) is 5.54 Å². The van der Waals surface area contributed by atoms with E-state index in [9.17, 15) is 4.79 Å². The Morgan fingerprint density at radius 1 is 1.62 bits per heavy atom. The van der Waals surface area contributed by atoms with Crippen LogP contribution >= 0.6 is 11.1 Å². The average molecular weight is 219 g/mol. The first kappa shape index (κ1) is 12.5. The lowest BCUT2D eigenvalue weighted by Gasteiger charge is -2.19. The second kappa shape index (κ2) is 4.63. The Balaban J connectivity index is 4.74. The SMILES string of the molecule is C=CC(C=C(C)C(=O)O)[Si](C)(C)Cl. The van der Waals surface area contributed by atoms with E-state index in [1.165, 1.54) is 0 Å². The lowest BCUT2D eigenvalue weighted by atomic mass is 10.2. The summed E-state index contributed by atoms with van der Waals surface area (Å²) in [5.74, 6) is -0.901. The van der Waals surface area contributed by atoms with Crippen LogP contribution < -0.4 is 0 Å². The summed E-state index contributed by atoms with van der Waals surface area (Å²) in [6, 6.07) is 0. The van der Waals surface area contributed by atoms with E-state index in [2.05, 4.69) is 6.58 Å². The molecule has 0 fully saturated rings. The van der Waals surface area contributed by atoms with Crippen LogP contribution in [0, 0.1) is 0 Å². The molecule has 4 heteroatoms. The molecular weight excluding hydrogens is 204 g/mol. The highest BCUT2D eigenvalue weighted by atomic mass is 35.6. The summed E-state index contributed by atoms with van der Waals surface area (Å²) in [6.07, 6.45) is 3.39. The first-order valence-electron chi connectivity index (χ1n) is 4.02. The number of carbonyl (C=O) groups is 1. The van der Waals surface area contributed by atoms with Gasteiger partial charge in [0, 0.05) is 11.1 Å². The summed E-state index contributed by atoms with van der Waals surface area (Å²) in [4.78, 5) is 10.5. The fourth-order valence-corrected chi connectivity index (χ4v) is 2.55. The van der Waals surface area contributed by atoms with Gasteiger partial charge in [0.1, 0.15) is 0 Å². The molecule has 0 heterocycles. The first-order chi connectivity index (χ1) is 5.79. The number of allylic oxidation sites excluding steroid dienone is 2. The van der Waals surface area contributed by atoms with Crippen LogP contribution in [0.25, 0.3) is 0 Å². The molecule has 1 unspecified atom stereocenters. The molecule has 0 spiro atoms. The number of carboxylic acids is 1. The summed E-state index contributed by atoms with van der Waals surface area (Å²) in [5, 5.41) is 8.66. The van der Waals surface area contributed by atoms with Gasteiger partial charge in [0.05, 0.1) is 0 Å². The summed E-state index contributed by atoms with van der Waals surface area (Å²) in [7, 11) is -1.88. The van der Waals surface area contributed by atoms with E-state index < -0.39 is 13.4 Å². The van der Waals surface area contributed by atoms with E-state index in [0.29, 0.717) is 5.57 Å². The van der Waals surface area contributed by atoms with Crippen molar-refractivity contribution in [2.45, 2.75) is 25.6 Å². The van der Waals surface area contributed by atoms with E-state index in [4.69, 9.17) is 16.2 Å². The van der Waals surface area contributed by atoms with Gasteiger partial charge in [0.25, 0.3) is 0 Å². The highest BCUT2D eigenvalue weighted by Gasteiger charge is 2.26. The lowest BCUT2D eigenvalue weighted by molar-refractivity contribution is -0.132. The minimum Gasteiger partial charge on any atom is -0.478 e. The molecule has 1 N–H and O–H groups in total. The maximum absolute atomic E-state index is 10.5. The molecule has 0 aromatic carbocycles. The van der Waals surface area contributed by atoms with Gasteiger partial charge in [-0.25, -0.2) is 4.79 Å². The number of rotatable bonds is 4. The summed E-state index contributed by atoms with van der Waals surface area (Å²) >= 11 is 6.18. The second-order valence-corrected chi connectivity index (χ2v) is 10.2. The van der Waals surface area contributed by atoms with Gasteiger partial charge in [-0.2, -0.15) is 11.1 Å². The molecule has 0 rings (SSSR count). The van der Waals surface area contributed by atoms with Crippen molar-refractivity contribution in [1.82, 2.24) is 0 Å². The first-order valence-corrected chi connectivity index (χ1v) is 8.11. The predicted molar refractivity (Wildman–Crippen MR) is 58.7 cm³/mol. The number of halogens is 1. The van der Waals surface area contributed by atoms with Crippen molar-refractivity contribution in [3.8, 4) is 0 Å². The minimum absolute atomic E-state index is 0.00488. The minimum atomic E-state index is -1.88. The Kier molecular flexibility index (Phi) is 4.43. The van der Waals surface area contributed by atoms with Gasteiger partial charge < -0.3 is 5.11 Å². The van der Waals surface area contributed by atoms with Crippen molar-refractivity contribution < 1.29 is 9.90 Å². The van der Waals surface area contributed by atoms with Gasteiger partial charge in [-0.15, -0.1) is 6.58 Å². The Bertz CT molecular complexity index is 240. The summed E-state index contributed by atoms with van der Waals surface area (Å²) in [6.45, 7) is 9.15. The van der Waals surface area contributed by atoms with Crippen LogP contribution in [0.15, 0.2) is 24.3 Å². The van der Waals surface area contributed by atoms with E-state index in [1.807, 2.05) is 13.1 Å². The van der Waals surface area contributed by atoms with Crippen molar-refractivity contribution in [2.24, 2.45) is 0 Å². The van der Waals surface area contributed by atoms with Crippen LogP contribution in [0.5, 0.6) is 0 Å². The van der Waals surface area contributed by atoms with Gasteiger partial charge in [0.2, 0.25) is 0 Å². The molecule has 1 atom stereocenters. The Labute approximate surface area is 84.6 Å². The van der Waals surface area contributed by atoms with Crippen LogP contribution in [0.3, 0.4) is 0 Å². The Morgan fingerprint density at radius 2 is 2.08 bits per heavy atom. The largest absolute Gasteiger partial charge is 0.478 e. The summed E-state index contributed by atoms with van der Waals surface area (Å²) < 4.78 is 0. The molecule has 2 nitrogen and oxygen atoms in total. The zero-order valence-corrected chi connectivity index (χ0v) is 9.93. The molecular formula is C9H15ClO2Si. The van der Waals surface area contributed by atoms with Crippen LogP contribution in [0.4, 0.5) is 0 Å². The van der Waals surface area contributed by atoms with Crippen molar-refractivity contribution >= 4 is 24.4 Å². The number of hydrogen-bond donors (Lipinski definition) is 1. The fourth-order valence-electron chi connectivity index (χ4n) is 0.887. The molecule has 0 saturated carbocycles. The van der Waals surface area contributed by atoms with Gasteiger partial charge in [-0.1, -0.05) is 25.2 Å². The highest BCUT2D eigenvalue weighted by molar-refractivity contribution is 7.20. The topological polar surface area (TPSA) is 37.3 Å². The van der Waals surface area contributed by atoms with Gasteiger partial charge >= 0.3 is 5.97 Å². The molecule has 0 saturated heterocycles. The van der Waals surface area contributed by atoms with Crippen LogP contribution in [-0.2, 0) is 4.79 Å². The van der Waals surface area contributed by atoms with E-state index in [0.717, 1.165) is 0 Å². The standard InChI is InChI=1S/C9H15ClO2Si/c1-5-8(13(3,4)10)6-7(2)9(11)12/h5-6,8H,1H2,2-4H3,(H,11,12). The monoisotopic (exact) mass is 218 g/mol. The molecule has 0 aliphatic rings. The van der Waals surface area contributed by atoms with Crippen molar-refractivity contribution in [3.63, 3.8) is 0 Å². The molecule has 0 radical (unpaired) electrons. The van der Waals surface area contributed by atoms with Crippen molar-refractivity contribution in [1.29, 1.82) is 0 Å². The maximum Gasteiger partial charge on any atom is 0.330 e. The zero-order chi connectivity index (χ0) is 10.6. The molecule has 0 aromatic rings. The second-order valence-electron chi connectivity index (χ2n) is 3.48. The third kappa shape index (κ3) is 4.29. The fraction of sp³-hybridized carbons (Fsp3) is 0.444. The Morgan fingerprint density at radius 3 is 2.31 bits per heavy atom. The van der Waals surface area contributed by atoms with Gasteiger partial charge in [0.15, 0.2) is 7.38 Å². The highest BCUT2D eigenvalue weighted by Crippen LogP contribution is 2.28. The molecule has 13 heavy (non-hydrogen) atoms. The average Bonchev–Trinajstić information content (AvgIpc) is 1.96. The normalized spacial score (nSPS) is 15.2. The third-order valence-corrected chi connectivity index (χ3v) is 4.56. The van der Waals surface area contributed by atoms with Crippen LogP contribution in [0.2, 0.25) is 18.6 Å². The number of aliphatic carboxylic acids is 1. The number of carboxylic acid groups (broad SMARTS) is 1. The smallest absolute Gasteiger partial charge is 0.330 e. The Hall–Kier alpha value is -0.543. The maximum atomic E-state index is 10.5. The van der Waals surface area contributed by atoms with Gasteiger partial charge in [-0.3, -0.25) is 0 Å². The molecule has 74 valence electrons. The zero-order valence-electron chi connectivity index (χ0n) is 8.17. The molecule has 0 aromatic heterocycles. The predicted octanol–water partition coefficient (Wildman–Crippen LogP) is 3.02. The lowest BCUT2D eigenvalue weighted by Crippen LogP contribution is -2.22. The molecule has 0 aliphatic carbocycles. The number of hydrogen-bond acceptors (Lipinski definition) is 1. The van der Waals surface area contributed by atoms with Gasteiger partial charge in [-0.05, 0) is 6.92 Å². The third-order valence-electron chi connectivity index (χ3n) is 1.81. The molecule has 0 aliphatic heterocycles. The van der Waals surface area contributed by atoms with Crippen LogP contribution in [-0.4, -0.2) is 18.5 Å².